The van der Waals surface area contributed by atoms with Crippen molar-refractivity contribution in [2.45, 2.75) is 150 Å². The van der Waals surface area contributed by atoms with Crippen molar-refractivity contribution in [3.63, 3.8) is 0 Å². The Hall–Kier alpha value is -1.40. The average molecular weight is 616 g/mol. The molecule has 0 radical (unpaired) electrons. The maximum Gasteiger partial charge on any atom is 0.306 e. The van der Waals surface area contributed by atoms with E-state index in [9.17, 15) is 9.59 Å². The second kappa shape index (κ2) is 14.6. The predicted octanol–water partition coefficient (Wildman–Crippen LogP) is 7.79. The number of likely N-dealkylation sites (N-methyl/N-ethyl adjacent to an activating group) is 2. The quantitative estimate of drug-likeness (QED) is 0.120. The number of quaternary nitrogens is 1. The third-order valence-corrected chi connectivity index (χ3v) is 13.6. The molecule has 0 aromatic rings. The summed E-state index contributed by atoms with van der Waals surface area (Å²) in [6.07, 6.45) is 14.1. The molecule has 4 rings (SSSR count). The highest BCUT2D eigenvalue weighted by atomic mass is 16.5. The zero-order chi connectivity index (χ0) is 32.3. The van der Waals surface area contributed by atoms with Crippen molar-refractivity contribution >= 4 is 11.9 Å². The van der Waals surface area contributed by atoms with Gasteiger partial charge in [0.15, 0.2) is 6.10 Å². The van der Waals surface area contributed by atoms with Crippen LogP contribution in [-0.4, -0.2) is 78.3 Å². The number of hydrogen-bond donors (Lipinski definition) is 0. The van der Waals surface area contributed by atoms with Gasteiger partial charge in [0.1, 0.15) is 12.1 Å². The van der Waals surface area contributed by atoms with E-state index in [4.69, 9.17) is 9.47 Å². The van der Waals surface area contributed by atoms with Crippen LogP contribution >= 0.6 is 0 Å². The lowest BCUT2D eigenvalue weighted by atomic mass is 9.48. The third-order valence-electron chi connectivity index (χ3n) is 13.6. The summed E-state index contributed by atoms with van der Waals surface area (Å²) < 4.78 is 13.7. The van der Waals surface area contributed by atoms with Gasteiger partial charge in [0, 0.05) is 31.2 Å². The first kappa shape index (κ1) is 35.5. The van der Waals surface area contributed by atoms with Gasteiger partial charge in [-0.3, -0.25) is 14.5 Å². The zero-order valence-electron chi connectivity index (χ0n) is 29.7. The minimum Gasteiger partial charge on any atom is -0.461 e. The van der Waals surface area contributed by atoms with Crippen LogP contribution in [0.1, 0.15) is 126 Å². The molecular weight excluding hydrogens is 548 g/mol. The minimum atomic E-state index is -0.135. The maximum atomic E-state index is 13.1. The van der Waals surface area contributed by atoms with Gasteiger partial charge >= 0.3 is 11.9 Å². The summed E-state index contributed by atoms with van der Waals surface area (Å²) in [5.41, 5.74) is 0.225. The Kier molecular flexibility index (Phi) is 11.7. The second-order valence-corrected chi connectivity index (χ2v) is 15.6. The van der Waals surface area contributed by atoms with Crippen molar-refractivity contribution in [1.29, 1.82) is 0 Å². The van der Waals surface area contributed by atoms with E-state index >= 15 is 0 Å². The molecule has 44 heavy (non-hydrogen) atoms. The lowest BCUT2D eigenvalue weighted by molar-refractivity contribution is -0.947. The first-order valence-electron chi connectivity index (χ1n) is 18.6. The van der Waals surface area contributed by atoms with E-state index in [1.807, 2.05) is 6.92 Å². The molecule has 0 saturated heterocycles. The summed E-state index contributed by atoms with van der Waals surface area (Å²) >= 11 is 0. The van der Waals surface area contributed by atoms with E-state index in [2.05, 4.69) is 59.1 Å². The van der Waals surface area contributed by atoms with E-state index < -0.39 is 0 Å². The topological polar surface area (TPSA) is 55.8 Å². The SMILES string of the molecule is C=CC[N+](CC)(CCC)C1CC2C3CCC4CC(OC(C)=O)C(N(CC)CCC)CC4(C)C3CCCC2(C)C1OC(=O)CC. The standard InChI is InChI=1S/C38H67N2O4/c1-10-21-39(14-5)32-26-38(9)28(24-34(32)43-27(7)41)18-19-29-30(38)17-16-20-37(8)31(29)25-33(36(37)44-35(42)13-4)40(15-6,22-11-2)23-12-3/h11,28-34,36H,2,10,12-26H2,1,3-9H3/q+1. The van der Waals surface area contributed by atoms with E-state index in [1.165, 1.54) is 25.7 Å². The Labute approximate surface area is 270 Å². The summed E-state index contributed by atoms with van der Waals surface area (Å²) in [5.74, 6) is 2.28. The lowest BCUT2D eigenvalue weighted by Crippen LogP contribution is -2.61. The predicted molar refractivity (Wildman–Crippen MR) is 179 cm³/mol. The van der Waals surface area contributed by atoms with Crippen molar-refractivity contribution in [2.24, 2.45) is 34.5 Å². The van der Waals surface area contributed by atoms with E-state index in [0.717, 1.165) is 75.7 Å². The molecule has 0 aromatic carbocycles. The number of carbonyl (C=O) groups excluding carboxylic acids is 2. The summed E-state index contributed by atoms with van der Waals surface area (Å²) in [6.45, 7) is 27.2. The molecule has 0 heterocycles. The molecule has 0 aliphatic heterocycles. The van der Waals surface area contributed by atoms with E-state index in [-0.39, 0.29) is 41.0 Å². The normalized spacial score (nSPS) is 39.8. The Morgan fingerprint density at radius 1 is 0.977 bits per heavy atom. The highest BCUT2D eigenvalue weighted by Gasteiger charge is 2.66. The monoisotopic (exact) mass is 616 g/mol. The van der Waals surface area contributed by atoms with Crippen LogP contribution in [0, 0.1) is 34.5 Å². The average Bonchev–Trinajstić information content (AvgIpc) is 3.17. The van der Waals surface area contributed by atoms with Crippen molar-refractivity contribution in [3.05, 3.63) is 12.7 Å². The molecule has 4 saturated carbocycles. The Morgan fingerprint density at radius 2 is 1.73 bits per heavy atom. The Bertz CT molecular complexity index is 1000. The molecule has 0 bridgehead atoms. The van der Waals surface area contributed by atoms with Gasteiger partial charge < -0.3 is 14.0 Å². The molecule has 6 heteroatoms. The van der Waals surface area contributed by atoms with Crippen molar-refractivity contribution in [2.75, 3.05) is 32.7 Å². The fraction of sp³-hybridized carbons (Fsp3) is 0.895. The van der Waals surface area contributed by atoms with Gasteiger partial charge in [-0.05, 0) is 107 Å². The molecule has 0 amide bonds. The summed E-state index contributed by atoms with van der Waals surface area (Å²) in [6, 6.07) is 0.606. The molecule has 4 aliphatic rings. The zero-order valence-corrected chi connectivity index (χ0v) is 29.7. The van der Waals surface area contributed by atoms with Crippen molar-refractivity contribution in [1.82, 2.24) is 4.90 Å². The number of ether oxygens (including phenoxy) is 2. The number of carbonyl (C=O) groups is 2. The van der Waals surface area contributed by atoms with Gasteiger partial charge in [0.05, 0.1) is 19.6 Å². The highest BCUT2D eigenvalue weighted by Crippen LogP contribution is 2.66. The third kappa shape index (κ3) is 6.42. The molecule has 11 atom stereocenters. The lowest BCUT2D eigenvalue weighted by Gasteiger charge is -2.59. The van der Waals surface area contributed by atoms with Crippen LogP contribution in [0.25, 0.3) is 0 Å². The minimum absolute atomic E-state index is 0.00228. The molecule has 4 aliphatic carbocycles. The molecule has 11 unspecified atom stereocenters. The molecule has 6 nitrogen and oxygen atoms in total. The fourth-order valence-corrected chi connectivity index (χ4v) is 11.6. The molecule has 0 spiro atoms. The van der Waals surface area contributed by atoms with Crippen LogP contribution < -0.4 is 0 Å². The van der Waals surface area contributed by atoms with Crippen LogP contribution in [-0.2, 0) is 19.1 Å². The Morgan fingerprint density at radius 3 is 2.32 bits per heavy atom. The second-order valence-electron chi connectivity index (χ2n) is 15.6. The number of esters is 2. The van der Waals surface area contributed by atoms with Crippen molar-refractivity contribution < 1.29 is 23.5 Å². The van der Waals surface area contributed by atoms with Gasteiger partial charge in [0.2, 0.25) is 0 Å². The summed E-state index contributed by atoms with van der Waals surface area (Å²) in [5, 5.41) is 0. The van der Waals surface area contributed by atoms with Gasteiger partial charge in [-0.2, -0.15) is 0 Å². The van der Waals surface area contributed by atoms with Gasteiger partial charge in [0.25, 0.3) is 0 Å². The van der Waals surface area contributed by atoms with Gasteiger partial charge in [-0.25, -0.2) is 0 Å². The largest absolute Gasteiger partial charge is 0.461 e. The highest BCUT2D eigenvalue weighted by molar-refractivity contribution is 5.69. The summed E-state index contributed by atoms with van der Waals surface area (Å²) in [7, 11) is 0. The molecule has 4 fully saturated rings. The van der Waals surface area contributed by atoms with E-state index in [1.54, 1.807) is 6.92 Å². The van der Waals surface area contributed by atoms with Crippen molar-refractivity contribution in [3.8, 4) is 0 Å². The molecule has 0 N–H and O–H groups in total. The Balaban J connectivity index is 1.74. The smallest absolute Gasteiger partial charge is 0.306 e. The number of hydrogen-bond acceptors (Lipinski definition) is 5. The fourth-order valence-electron chi connectivity index (χ4n) is 11.6. The summed E-state index contributed by atoms with van der Waals surface area (Å²) in [4.78, 5) is 28.0. The van der Waals surface area contributed by atoms with Gasteiger partial charge in [-0.1, -0.05) is 54.5 Å². The van der Waals surface area contributed by atoms with Crippen LogP contribution in [0.5, 0.6) is 0 Å². The first-order chi connectivity index (χ1) is 21.0. The molecule has 252 valence electrons. The van der Waals surface area contributed by atoms with Crippen LogP contribution in [0.15, 0.2) is 12.7 Å². The van der Waals surface area contributed by atoms with Crippen LogP contribution in [0.3, 0.4) is 0 Å². The molecule has 0 aromatic heterocycles. The molecular formula is C38H67N2O4+. The maximum absolute atomic E-state index is 13.1. The van der Waals surface area contributed by atoms with Gasteiger partial charge in [-0.15, -0.1) is 0 Å². The number of rotatable bonds is 13. The number of nitrogens with zero attached hydrogens (tertiary/aromatic N) is 2. The first-order valence-corrected chi connectivity index (χ1v) is 18.6. The van der Waals surface area contributed by atoms with E-state index in [0.29, 0.717) is 36.1 Å². The number of fused-ring (bicyclic) bond motifs is 5. The van der Waals surface area contributed by atoms with Crippen LogP contribution in [0.2, 0.25) is 0 Å². The van der Waals surface area contributed by atoms with Crippen LogP contribution in [0.4, 0.5) is 0 Å².